The third-order valence-electron chi connectivity index (χ3n) is 3.65. The fraction of sp³-hybridized carbons (Fsp3) is 1.00. The zero-order chi connectivity index (χ0) is 10.7. The Morgan fingerprint density at radius 1 is 1.60 bits per heavy atom. The van der Waals surface area contributed by atoms with Crippen molar-refractivity contribution in [3.63, 3.8) is 0 Å². The summed E-state index contributed by atoms with van der Waals surface area (Å²) in [4.78, 5) is 0. The van der Waals surface area contributed by atoms with Gasteiger partial charge in [0.2, 0.25) is 0 Å². The number of hydrogen-bond acceptors (Lipinski definition) is 4. The SMILES string of the molecule is CC1OCCC1(O)CNC1CCCNC1. The van der Waals surface area contributed by atoms with E-state index >= 15 is 0 Å². The molecule has 2 fully saturated rings. The van der Waals surface area contributed by atoms with Crippen molar-refractivity contribution in [2.24, 2.45) is 0 Å². The summed E-state index contributed by atoms with van der Waals surface area (Å²) in [6, 6.07) is 0.510. The van der Waals surface area contributed by atoms with Crippen molar-refractivity contribution < 1.29 is 9.84 Å². The number of hydrogen-bond donors (Lipinski definition) is 3. The predicted octanol–water partition coefficient (Wildman–Crippen LogP) is -0.132. The zero-order valence-corrected chi connectivity index (χ0v) is 9.46. The minimum absolute atomic E-state index is 0.0402. The summed E-state index contributed by atoms with van der Waals surface area (Å²) in [7, 11) is 0. The van der Waals surface area contributed by atoms with E-state index < -0.39 is 5.60 Å². The Hall–Kier alpha value is -0.160. The minimum Gasteiger partial charge on any atom is -0.386 e. The lowest BCUT2D eigenvalue weighted by Crippen LogP contribution is -2.52. The maximum atomic E-state index is 10.3. The van der Waals surface area contributed by atoms with Crippen molar-refractivity contribution in [1.29, 1.82) is 0 Å². The molecule has 3 unspecified atom stereocenters. The van der Waals surface area contributed by atoms with Crippen LogP contribution in [0.4, 0.5) is 0 Å². The van der Waals surface area contributed by atoms with Crippen LogP contribution in [0, 0.1) is 0 Å². The lowest BCUT2D eigenvalue weighted by atomic mass is 9.95. The topological polar surface area (TPSA) is 53.5 Å². The van der Waals surface area contributed by atoms with Gasteiger partial charge in [0.15, 0.2) is 0 Å². The lowest BCUT2D eigenvalue weighted by Gasteiger charge is -2.31. The van der Waals surface area contributed by atoms with E-state index in [0.29, 0.717) is 19.2 Å². The van der Waals surface area contributed by atoms with Gasteiger partial charge in [0, 0.05) is 32.2 Å². The fourth-order valence-corrected chi connectivity index (χ4v) is 2.35. The quantitative estimate of drug-likeness (QED) is 0.612. The molecule has 2 heterocycles. The Morgan fingerprint density at radius 2 is 2.47 bits per heavy atom. The van der Waals surface area contributed by atoms with Crippen LogP contribution in [-0.4, -0.2) is 49.1 Å². The second-order valence-electron chi connectivity index (χ2n) is 4.79. The molecule has 0 aromatic carbocycles. The highest BCUT2D eigenvalue weighted by Crippen LogP contribution is 2.25. The van der Waals surface area contributed by atoms with Crippen LogP contribution in [-0.2, 0) is 4.74 Å². The van der Waals surface area contributed by atoms with E-state index in [4.69, 9.17) is 4.74 Å². The van der Waals surface area contributed by atoms with Crippen LogP contribution in [0.25, 0.3) is 0 Å². The number of aliphatic hydroxyl groups is 1. The molecule has 0 radical (unpaired) electrons. The second kappa shape index (κ2) is 4.78. The van der Waals surface area contributed by atoms with Gasteiger partial charge in [-0.3, -0.25) is 0 Å². The van der Waals surface area contributed by atoms with Gasteiger partial charge in [-0.1, -0.05) is 0 Å². The van der Waals surface area contributed by atoms with Crippen LogP contribution in [0.15, 0.2) is 0 Å². The first-order valence-electron chi connectivity index (χ1n) is 5.99. The molecule has 3 atom stereocenters. The maximum absolute atomic E-state index is 10.3. The van der Waals surface area contributed by atoms with E-state index in [9.17, 15) is 5.11 Å². The molecule has 2 saturated heterocycles. The molecule has 4 heteroatoms. The second-order valence-corrected chi connectivity index (χ2v) is 4.79. The summed E-state index contributed by atoms with van der Waals surface area (Å²) in [5.74, 6) is 0. The molecule has 0 aliphatic carbocycles. The van der Waals surface area contributed by atoms with Crippen molar-refractivity contribution in [2.75, 3.05) is 26.2 Å². The molecule has 15 heavy (non-hydrogen) atoms. The Labute approximate surface area is 91.4 Å². The zero-order valence-electron chi connectivity index (χ0n) is 9.46. The molecular formula is C11H22N2O2. The van der Waals surface area contributed by atoms with Crippen LogP contribution in [0.2, 0.25) is 0 Å². The van der Waals surface area contributed by atoms with Crippen molar-refractivity contribution in [3.05, 3.63) is 0 Å². The molecule has 2 rings (SSSR count). The van der Waals surface area contributed by atoms with E-state index in [-0.39, 0.29) is 6.10 Å². The molecule has 4 nitrogen and oxygen atoms in total. The number of nitrogens with one attached hydrogen (secondary N) is 2. The summed E-state index contributed by atoms with van der Waals surface area (Å²) < 4.78 is 5.40. The maximum Gasteiger partial charge on any atom is 0.105 e. The fourth-order valence-electron chi connectivity index (χ4n) is 2.35. The summed E-state index contributed by atoms with van der Waals surface area (Å²) in [5.41, 5.74) is -0.655. The molecule has 88 valence electrons. The van der Waals surface area contributed by atoms with Crippen molar-refractivity contribution >= 4 is 0 Å². The minimum atomic E-state index is -0.655. The smallest absolute Gasteiger partial charge is 0.105 e. The van der Waals surface area contributed by atoms with Crippen molar-refractivity contribution in [1.82, 2.24) is 10.6 Å². The van der Waals surface area contributed by atoms with Gasteiger partial charge in [-0.15, -0.1) is 0 Å². The normalized spacial score (nSPS) is 42.0. The van der Waals surface area contributed by atoms with Crippen LogP contribution in [0.3, 0.4) is 0 Å². The highest BCUT2D eigenvalue weighted by molar-refractivity contribution is 4.93. The van der Waals surface area contributed by atoms with Gasteiger partial charge >= 0.3 is 0 Å². The molecule has 0 amide bonds. The highest BCUT2D eigenvalue weighted by atomic mass is 16.5. The Morgan fingerprint density at radius 3 is 3.07 bits per heavy atom. The molecule has 0 aromatic heterocycles. The van der Waals surface area contributed by atoms with Crippen LogP contribution >= 0.6 is 0 Å². The van der Waals surface area contributed by atoms with E-state index in [2.05, 4.69) is 10.6 Å². The van der Waals surface area contributed by atoms with E-state index in [1.54, 1.807) is 0 Å². The summed E-state index contributed by atoms with van der Waals surface area (Å²) >= 11 is 0. The van der Waals surface area contributed by atoms with Gasteiger partial charge in [-0.25, -0.2) is 0 Å². The van der Waals surface area contributed by atoms with Crippen LogP contribution in [0.1, 0.15) is 26.2 Å². The van der Waals surface area contributed by atoms with Crippen molar-refractivity contribution in [3.8, 4) is 0 Å². The summed E-state index contributed by atoms with van der Waals surface area (Å²) in [6.07, 6.45) is 3.14. The molecule has 2 aliphatic heterocycles. The number of ether oxygens (including phenoxy) is 1. The number of rotatable bonds is 3. The van der Waals surface area contributed by atoms with Gasteiger partial charge < -0.3 is 20.5 Å². The third-order valence-corrected chi connectivity index (χ3v) is 3.65. The van der Waals surface area contributed by atoms with E-state index in [1.165, 1.54) is 12.8 Å². The standard InChI is InChI=1S/C11H22N2O2/c1-9-11(14,4-6-15-9)8-13-10-3-2-5-12-7-10/h9-10,12-14H,2-8H2,1H3. The van der Waals surface area contributed by atoms with Gasteiger partial charge in [0.1, 0.15) is 5.60 Å². The monoisotopic (exact) mass is 214 g/mol. The first-order chi connectivity index (χ1) is 7.21. The number of piperidine rings is 1. The first kappa shape index (κ1) is 11.3. The van der Waals surface area contributed by atoms with Gasteiger partial charge in [-0.05, 0) is 26.3 Å². The average Bonchev–Trinajstić information content (AvgIpc) is 2.59. The highest BCUT2D eigenvalue weighted by Gasteiger charge is 2.39. The van der Waals surface area contributed by atoms with Crippen LogP contribution < -0.4 is 10.6 Å². The van der Waals surface area contributed by atoms with Gasteiger partial charge in [-0.2, -0.15) is 0 Å². The summed E-state index contributed by atoms with van der Waals surface area (Å²) in [5, 5.41) is 17.1. The molecule has 0 aromatic rings. The molecule has 0 saturated carbocycles. The van der Waals surface area contributed by atoms with E-state index in [1.807, 2.05) is 6.92 Å². The van der Waals surface area contributed by atoms with Crippen LogP contribution in [0.5, 0.6) is 0 Å². The molecule has 0 bridgehead atoms. The molecule has 3 N–H and O–H groups in total. The van der Waals surface area contributed by atoms with Gasteiger partial charge in [0.25, 0.3) is 0 Å². The average molecular weight is 214 g/mol. The predicted molar refractivity (Wildman–Crippen MR) is 58.9 cm³/mol. The lowest BCUT2D eigenvalue weighted by molar-refractivity contribution is -0.0280. The molecule has 2 aliphatic rings. The Bertz CT molecular complexity index is 207. The van der Waals surface area contributed by atoms with Gasteiger partial charge in [0.05, 0.1) is 6.10 Å². The molecular weight excluding hydrogens is 192 g/mol. The van der Waals surface area contributed by atoms with E-state index in [0.717, 1.165) is 19.5 Å². The Kier molecular flexibility index (Phi) is 3.61. The van der Waals surface area contributed by atoms with Crippen molar-refractivity contribution in [2.45, 2.75) is 43.9 Å². The largest absolute Gasteiger partial charge is 0.386 e. The third kappa shape index (κ3) is 2.69. The first-order valence-corrected chi connectivity index (χ1v) is 5.99. The summed E-state index contributed by atoms with van der Waals surface area (Å²) in [6.45, 7) is 5.43. The molecule has 0 spiro atoms. The Balaban J connectivity index is 1.76.